The summed E-state index contributed by atoms with van der Waals surface area (Å²) in [5.41, 5.74) is 0.879. The normalized spacial score (nSPS) is 16.7. The smallest absolute Gasteiger partial charge is 0.290 e. The highest BCUT2D eigenvalue weighted by molar-refractivity contribution is 6.09. The lowest BCUT2D eigenvalue weighted by atomic mass is 9.92. The summed E-state index contributed by atoms with van der Waals surface area (Å²) in [4.78, 5) is 29.4. The Morgan fingerprint density at radius 2 is 1.97 bits per heavy atom. The van der Waals surface area contributed by atoms with Gasteiger partial charge in [0.05, 0.1) is 25.3 Å². The predicted molar refractivity (Wildman–Crippen MR) is 116 cm³/mol. The van der Waals surface area contributed by atoms with E-state index in [-0.39, 0.29) is 23.7 Å². The zero-order valence-corrected chi connectivity index (χ0v) is 18.9. The van der Waals surface area contributed by atoms with Crippen molar-refractivity contribution in [3.8, 4) is 11.5 Å². The maximum Gasteiger partial charge on any atom is 0.290 e. The van der Waals surface area contributed by atoms with Crippen LogP contribution in [0.1, 0.15) is 45.2 Å². The number of nitrogens with zero attached hydrogens (tertiary/aromatic N) is 2. The second-order valence-electron chi connectivity index (χ2n) is 8.25. The number of carbonyl (C=O) groups excluding carboxylic acids is 2. The Morgan fingerprint density at radius 1 is 1.27 bits per heavy atom. The fourth-order valence-electron chi connectivity index (χ4n) is 3.49. The van der Waals surface area contributed by atoms with Gasteiger partial charge in [-0.2, -0.15) is 0 Å². The minimum Gasteiger partial charge on any atom is -0.503 e. The average molecular weight is 419 g/mol. The molecule has 166 valence electrons. The molecule has 0 fully saturated rings. The first kappa shape index (κ1) is 23.7. The molecule has 7 nitrogen and oxygen atoms in total. The second kappa shape index (κ2) is 10.5. The number of carbonyl (C=O) groups is 2. The minimum absolute atomic E-state index is 0.115. The molecule has 30 heavy (non-hydrogen) atoms. The number of rotatable bonds is 11. The molecule has 1 atom stereocenters. The van der Waals surface area contributed by atoms with Crippen molar-refractivity contribution < 1.29 is 24.2 Å². The van der Waals surface area contributed by atoms with Crippen LogP contribution in [0.4, 0.5) is 0 Å². The van der Waals surface area contributed by atoms with Gasteiger partial charge in [-0.05, 0) is 44.1 Å². The van der Waals surface area contributed by atoms with Crippen LogP contribution in [-0.2, 0) is 9.59 Å². The number of likely N-dealkylation sites (N-methyl/N-ethyl adjacent to an activating group) is 1. The van der Waals surface area contributed by atoms with Gasteiger partial charge in [0.25, 0.3) is 5.91 Å². The van der Waals surface area contributed by atoms with E-state index < -0.39 is 17.7 Å². The summed E-state index contributed by atoms with van der Waals surface area (Å²) in [6.45, 7) is 7.41. The molecule has 1 aliphatic heterocycles. The Balaban J connectivity index is 2.52. The number of methoxy groups -OCH3 is 1. The summed E-state index contributed by atoms with van der Waals surface area (Å²) in [7, 11) is 5.40. The van der Waals surface area contributed by atoms with E-state index in [0.717, 1.165) is 6.42 Å². The van der Waals surface area contributed by atoms with Crippen LogP contribution in [-0.4, -0.2) is 67.5 Å². The molecule has 1 aliphatic rings. The largest absolute Gasteiger partial charge is 0.503 e. The predicted octanol–water partition coefficient (Wildman–Crippen LogP) is 3.36. The molecule has 0 radical (unpaired) electrons. The summed E-state index contributed by atoms with van der Waals surface area (Å²) in [5.74, 6) is 0.0827. The molecule has 0 aromatic heterocycles. The molecular weight excluding hydrogens is 384 g/mol. The van der Waals surface area contributed by atoms with Crippen molar-refractivity contribution in [2.24, 2.45) is 5.92 Å². The third-order valence-corrected chi connectivity index (χ3v) is 4.95. The number of ether oxygens (including phenoxy) is 2. The zero-order chi connectivity index (χ0) is 22.4. The van der Waals surface area contributed by atoms with Crippen molar-refractivity contribution in [3.05, 3.63) is 35.1 Å². The number of benzene rings is 1. The highest BCUT2D eigenvalue weighted by Crippen LogP contribution is 2.41. The van der Waals surface area contributed by atoms with E-state index in [2.05, 4.69) is 0 Å². The third-order valence-electron chi connectivity index (χ3n) is 4.95. The average Bonchev–Trinajstić information content (AvgIpc) is 2.94. The van der Waals surface area contributed by atoms with Gasteiger partial charge in [0, 0.05) is 19.5 Å². The molecular formula is C23H34N2O5. The molecule has 0 aliphatic carbocycles. The Labute approximate surface area is 179 Å². The Kier molecular flexibility index (Phi) is 8.29. The quantitative estimate of drug-likeness (QED) is 0.594. The molecule has 0 saturated carbocycles. The van der Waals surface area contributed by atoms with Gasteiger partial charge in [-0.3, -0.25) is 9.59 Å². The van der Waals surface area contributed by atoms with Crippen LogP contribution in [0.25, 0.3) is 0 Å². The van der Waals surface area contributed by atoms with Gasteiger partial charge in [0.1, 0.15) is 0 Å². The summed E-state index contributed by atoms with van der Waals surface area (Å²) >= 11 is 0. The van der Waals surface area contributed by atoms with Crippen LogP contribution >= 0.6 is 0 Å². The van der Waals surface area contributed by atoms with Crippen molar-refractivity contribution in [2.75, 3.05) is 40.9 Å². The van der Waals surface area contributed by atoms with E-state index in [1.807, 2.05) is 45.8 Å². The van der Waals surface area contributed by atoms with Gasteiger partial charge in [-0.1, -0.05) is 26.8 Å². The Bertz CT molecular complexity index is 801. The molecule has 0 bridgehead atoms. The van der Waals surface area contributed by atoms with Gasteiger partial charge in [-0.25, -0.2) is 0 Å². The first-order chi connectivity index (χ1) is 14.2. The lowest BCUT2D eigenvalue weighted by Gasteiger charge is -2.28. The number of hydrogen-bond acceptors (Lipinski definition) is 6. The molecule has 7 heteroatoms. The fourth-order valence-corrected chi connectivity index (χ4v) is 3.49. The summed E-state index contributed by atoms with van der Waals surface area (Å²) < 4.78 is 11.2. The van der Waals surface area contributed by atoms with Crippen molar-refractivity contribution >= 4 is 11.7 Å². The maximum absolute atomic E-state index is 13.0. The highest BCUT2D eigenvalue weighted by Gasteiger charge is 2.43. The SMILES string of the molecule is CCCOc1cc(C2C(C(=O)CC(C)C)=C(O)C(=O)N2CCN(C)C)ccc1OC. The number of aliphatic hydroxyl groups excluding tert-OH is 1. The van der Waals surface area contributed by atoms with Crippen LogP contribution in [0.15, 0.2) is 29.5 Å². The van der Waals surface area contributed by atoms with E-state index in [1.54, 1.807) is 24.1 Å². The molecule has 0 saturated heterocycles. The first-order valence-electron chi connectivity index (χ1n) is 10.4. The molecule has 1 N–H and O–H groups in total. The summed E-state index contributed by atoms with van der Waals surface area (Å²) in [6, 6.07) is 4.74. The van der Waals surface area contributed by atoms with E-state index in [4.69, 9.17) is 9.47 Å². The molecule has 0 spiro atoms. The van der Waals surface area contributed by atoms with Crippen LogP contribution in [0.2, 0.25) is 0 Å². The topological polar surface area (TPSA) is 79.3 Å². The summed E-state index contributed by atoms with van der Waals surface area (Å²) in [6.07, 6.45) is 1.10. The second-order valence-corrected chi connectivity index (χ2v) is 8.25. The zero-order valence-electron chi connectivity index (χ0n) is 18.9. The van der Waals surface area contributed by atoms with Gasteiger partial charge in [0.15, 0.2) is 23.0 Å². The number of aliphatic hydroxyl groups is 1. The monoisotopic (exact) mass is 418 g/mol. The molecule has 1 unspecified atom stereocenters. The van der Waals surface area contributed by atoms with Gasteiger partial charge < -0.3 is 24.4 Å². The van der Waals surface area contributed by atoms with E-state index >= 15 is 0 Å². The van der Waals surface area contributed by atoms with Gasteiger partial charge in [0.2, 0.25) is 0 Å². The number of ketones is 1. The van der Waals surface area contributed by atoms with Crippen molar-refractivity contribution in [1.82, 2.24) is 9.80 Å². The lowest BCUT2D eigenvalue weighted by molar-refractivity contribution is -0.129. The minimum atomic E-state index is -0.654. The Hall–Kier alpha value is -2.54. The summed E-state index contributed by atoms with van der Waals surface area (Å²) in [5, 5.41) is 10.6. The van der Waals surface area contributed by atoms with Crippen molar-refractivity contribution in [2.45, 2.75) is 39.7 Å². The molecule has 1 aromatic carbocycles. The van der Waals surface area contributed by atoms with Crippen molar-refractivity contribution in [1.29, 1.82) is 0 Å². The van der Waals surface area contributed by atoms with Gasteiger partial charge in [-0.15, -0.1) is 0 Å². The standard InChI is InChI=1S/C23H34N2O5/c1-7-12-30-19-14-16(8-9-18(19)29-6)21-20(17(26)13-15(2)3)22(27)23(28)25(21)11-10-24(4)5/h8-9,14-15,21,27H,7,10-13H2,1-6H3. The van der Waals surface area contributed by atoms with Crippen LogP contribution in [0.3, 0.4) is 0 Å². The molecule has 1 aromatic rings. The Morgan fingerprint density at radius 3 is 2.53 bits per heavy atom. The number of Topliss-reactive ketones (excluding diaryl/α,β-unsaturated/α-hetero) is 1. The van der Waals surface area contributed by atoms with Crippen LogP contribution in [0, 0.1) is 5.92 Å². The van der Waals surface area contributed by atoms with Crippen LogP contribution < -0.4 is 9.47 Å². The molecule has 2 rings (SSSR count). The first-order valence-corrected chi connectivity index (χ1v) is 10.4. The van der Waals surface area contributed by atoms with E-state index in [1.165, 1.54) is 0 Å². The molecule has 1 amide bonds. The lowest BCUT2D eigenvalue weighted by Crippen LogP contribution is -2.36. The fraction of sp³-hybridized carbons (Fsp3) is 0.565. The molecule has 1 heterocycles. The van der Waals surface area contributed by atoms with Gasteiger partial charge >= 0.3 is 0 Å². The van der Waals surface area contributed by atoms with E-state index in [0.29, 0.717) is 36.8 Å². The van der Waals surface area contributed by atoms with Crippen LogP contribution in [0.5, 0.6) is 11.5 Å². The van der Waals surface area contributed by atoms with E-state index in [9.17, 15) is 14.7 Å². The number of hydrogen-bond donors (Lipinski definition) is 1. The van der Waals surface area contributed by atoms with Crippen molar-refractivity contribution in [3.63, 3.8) is 0 Å². The third kappa shape index (κ3) is 5.33. The number of amides is 1. The highest BCUT2D eigenvalue weighted by atomic mass is 16.5. The maximum atomic E-state index is 13.0.